The molecule has 166 valence electrons. The third kappa shape index (κ3) is 5.31. The van der Waals surface area contributed by atoms with Crippen LogP contribution in [-0.4, -0.2) is 52.6 Å². The number of anilines is 2. The average Bonchev–Trinajstić information content (AvgIpc) is 3.27. The summed E-state index contributed by atoms with van der Waals surface area (Å²) in [4.78, 5) is 29.4. The van der Waals surface area contributed by atoms with Crippen LogP contribution in [0, 0.1) is 6.92 Å². The number of piperazine rings is 1. The summed E-state index contributed by atoms with van der Waals surface area (Å²) in [7, 11) is 0. The van der Waals surface area contributed by atoms with Gasteiger partial charge >= 0.3 is 0 Å². The van der Waals surface area contributed by atoms with E-state index in [-0.39, 0.29) is 17.9 Å². The number of para-hydroxylation sites is 1. The Hall–Kier alpha value is -3.26. The molecule has 1 aromatic heterocycles. The van der Waals surface area contributed by atoms with Gasteiger partial charge in [-0.15, -0.1) is 10.2 Å². The Kier molecular flexibility index (Phi) is 6.80. The topological polar surface area (TPSA) is 78.4 Å². The van der Waals surface area contributed by atoms with Crippen molar-refractivity contribution in [3.05, 3.63) is 70.2 Å². The zero-order chi connectivity index (χ0) is 22.5. The SMILES string of the molecule is Cc1cccc(N2CCN(C(=O)CCc3nnc(C(=O)Nc4ccccc4)s3)C[C@@H]2C)c1. The highest BCUT2D eigenvalue weighted by Gasteiger charge is 2.27. The minimum absolute atomic E-state index is 0.117. The fraction of sp³-hybridized carbons (Fsp3) is 0.333. The molecule has 32 heavy (non-hydrogen) atoms. The van der Waals surface area contributed by atoms with E-state index in [4.69, 9.17) is 0 Å². The lowest BCUT2D eigenvalue weighted by atomic mass is 10.1. The number of carbonyl (C=O) groups is 2. The molecule has 0 spiro atoms. The molecule has 1 N–H and O–H groups in total. The van der Waals surface area contributed by atoms with Crippen LogP contribution >= 0.6 is 11.3 Å². The number of hydrogen-bond donors (Lipinski definition) is 1. The van der Waals surface area contributed by atoms with Gasteiger partial charge in [0, 0.05) is 49.9 Å². The van der Waals surface area contributed by atoms with Gasteiger partial charge in [0.25, 0.3) is 5.91 Å². The molecule has 4 rings (SSSR count). The first-order chi connectivity index (χ1) is 15.5. The second-order valence-corrected chi connectivity index (χ2v) is 9.10. The summed E-state index contributed by atoms with van der Waals surface area (Å²) >= 11 is 1.24. The van der Waals surface area contributed by atoms with Gasteiger partial charge in [-0.2, -0.15) is 0 Å². The maximum Gasteiger partial charge on any atom is 0.286 e. The molecule has 1 atom stereocenters. The summed E-state index contributed by atoms with van der Waals surface area (Å²) < 4.78 is 0. The third-order valence-corrected chi connectivity index (χ3v) is 6.54. The number of amides is 2. The Bertz CT molecular complexity index is 1080. The van der Waals surface area contributed by atoms with Crippen LogP contribution in [0.4, 0.5) is 11.4 Å². The van der Waals surface area contributed by atoms with Crippen LogP contribution in [-0.2, 0) is 11.2 Å². The minimum atomic E-state index is -0.285. The molecular formula is C24H27N5O2S. The number of carbonyl (C=O) groups excluding carboxylic acids is 2. The van der Waals surface area contributed by atoms with Crippen molar-refractivity contribution in [2.24, 2.45) is 0 Å². The fourth-order valence-corrected chi connectivity index (χ4v) is 4.63. The molecule has 8 heteroatoms. The van der Waals surface area contributed by atoms with Gasteiger partial charge in [-0.3, -0.25) is 9.59 Å². The Morgan fingerprint density at radius 3 is 2.66 bits per heavy atom. The first-order valence-corrected chi connectivity index (χ1v) is 11.6. The molecule has 1 saturated heterocycles. The van der Waals surface area contributed by atoms with E-state index in [0.29, 0.717) is 41.6 Å². The molecule has 1 aliphatic rings. The Balaban J connectivity index is 1.28. The van der Waals surface area contributed by atoms with Gasteiger partial charge in [-0.1, -0.05) is 41.7 Å². The molecule has 0 saturated carbocycles. The summed E-state index contributed by atoms with van der Waals surface area (Å²) in [6.45, 7) is 6.48. The second-order valence-electron chi connectivity index (χ2n) is 8.04. The Labute approximate surface area is 192 Å². The van der Waals surface area contributed by atoms with Crippen molar-refractivity contribution in [2.45, 2.75) is 32.7 Å². The van der Waals surface area contributed by atoms with E-state index in [1.165, 1.54) is 22.6 Å². The van der Waals surface area contributed by atoms with Crippen molar-refractivity contribution in [1.82, 2.24) is 15.1 Å². The molecule has 0 radical (unpaired) electrons. The summed E-state index contributed by atoms with van der Waals surface area (Å²) in [5, 5.41) is 11.9. The number of hydrogen-bond acceptors (Lipinski definition) is 6. The van der Waals surface area contributed by atoms with Gasteiger partial charge in [0.2, 0.25) is 10.9 Å². The fourth-order valence-electron chi connectivity index (χ4n) is 3.90. The molecule has 2 heterocycles. The molecule has 3 aromatic rings. The van der Waals surface area contributed by atoms with Gasteiger partial charge in [-0.05, 0) is 43.7 Å². The lowest BCUT2D eigenvalue weighted by Gasteiger charge is -2.41. The normalized spacial score (nSPS) is 16.1. The first-order valence-electron chi connectivity index (χ1n) is 10.8. The molecule has 0 unspecified atom stereocenters. The number of aryl methyl sites for hydroxylation is 2. The maximum atomic E-state index is 12.8. The van der Waals surface area contributed by atoms with Gasteiger partial charge in [0.05, 0.1) is 0 Å². The van der Waals surface area contributed by atoms with Crippen LogP contribution in [0.1, 0.15) is 33.7 Å². The smallest absolute Gasteiger partial charge is 0.286 e. The predicted octanol–water partition coefficient (Wildman–Crippen LogP) is 3.77. The quantitative estimate of drug-likeness (QED) is 0.620. The van der Waals surface area contributed by atoms with Crippen LogP contribution in [0.15, 0.2) is 54.6 Å². The van der Waals surface area contributed by atoms with Gasteiger partial charge < -0.3 is 15.1 Å². The third-order valence-electron chi connectivity index (χ3n) is 5.56. The van der Waals surface area contributed by atoms with Crippen molar-refractivity contribution < 1.29 is 9.59 Å². The summed E-state index contributed by atoms with van der Waals surface area (Å²) in [5.41, 5.74) is 3.16. The molecule has 0 bridgehead atoms. The average molecular weight is 450 g/mol. The van der Waals surface area contributed by atoms with Crippen molar-refractivity contribution in [3.8, 4) is 0 Å². The van der Waals surface area contributed by atoms with Crippen LogP contribution in [0.3, 0.4) is 0 Å². The van der Waals surface area contributed by atoms with E-state index >= 15 is 0 Å². The Morgan fingerprint density at radius 1 is 1.09 bits per heavy atom. The standard InChI is InChI=1S/C24H27N5O2S/c1-17-7-6-10-20(15-17)29-14-13-28(16-18(29)2)22(30)12-11-21-26-27-24(32-21)23(31)25-19-8-4-3-5-9-19/h3-10,15,18H,11-14,16H2,1-2H3,(H,25,31)/t18-/m0/s1. The zero-order valence-electron chi connectivity index (χ0n) is 18.3. The number of rotatable bonds is 6. The van der Waals surface area contributed by atoms with Crippen molar-refractivity contribution in [1.29, 1.82) is 0 Å². The van der Waals surface area contributed by atoms with Crippen LogP contribution < -0.4 is 10.2 Å². The monoisotopic (exact) mass is 449 g/mol. The van der Waals surface area contributed by atoms with E-state index in [0.717, 1.165) is 6.54 Å². The van der Waals surface area contributed by atoms with Crippen molar-refractivity contribution in [3.63, 3.8) is 0 Å². The largest absolute Gasteiger partial charge is 0.365 e. The highest BCUT2D eigenvalue weighted by atomic mass is 32.1. The van der Waals surface area contributed by atoms with E-state index in [1.54, 1.807) is 0 Å². The van der Waals surface area contributed by atoms with E-state index in [9.17, 15) is 9.59 Å². The first kappa shape index (κ1) is 22.0. The molecular weight excluding hydrogens is 422 g/mol. The highest BCUT2D eigenvalue weighted by molar-refractivity contribution is 7.13. The predicted molar refractivity (Wildman–Crippen MR) is 127 cm³/mol. The Morgan fingerprint density at radius 2 is 1.91 bits per heavy atom. The summed E-state index contributed by atoms with van der Waals surface area (Å²) in [6.07, 6.45) is 0.855. The molecule has 0 aliphatic carbocycles. The minimum Gasteiger partial charge on any atom is -0.365 e. The van der Waals surface area contributed by atoms with Gasteiger partial charge in [-0.25, -0.2) is 0 Å². The second kappa shape index (κ2) is 9.91. The van der Waals surface area contributed by atoms with Gasteiger partial charge in [0.15, 0.2) is 0 Å². The maximum absolute atomic E-state index is 12.8. The van der Waals surface area contributed by atoms with Gasteiger partial charge in [0.1, 0.15) is 5.01 Å². The van der Waals surface area contributed by atoms with Crippen LogP contribution in [0.2, 0.25) is 0 Å². The molecule has 2 amide bonds. The lowest BCUT2D eigenvalue weighted by molar-refractivity contribution is -0.131. The lowest BCUT2D eigenvalue weighted by Crippen LogP contribution is -2.53. The van der Waals surface area contributed by atoms with Crippen molar-refractivity contribution in [2.75, 3.05) is 29.9 Å². The van der Waals surface area contributed by atoms with E-state index in [1.807, 2.05) is 35.2 Å². The zero-order valence-corrected chi connectivity index (χ0v) is 19.1. The highest BCUT2D eigenvalue weighted by Crippen LogP contribution is 2.22. The van der Waals surface area contributed by atoms with Crippen LogP contribution in [0.25, 0.3) is 0 Å². The number of nitrogens with one attached hydrogen (secondary N) is 1. The number of nitrogens with zero attached hydrogens (tertiary/aromatic N) is 4. The summed E-state index contributed by atoms with van der Waals surface area (Å²) in [6, 6.07) is 18.0. The van der Waals surface area contributed by atoms with E-state index in [2.05, 4.69) is 58.5 Å². The molecule has 1 fully saturated rings. The number of benzene rings is 2. The van der Waals surface area contributed by atoms with Crippen LogP contribution in [0.5, 0.6) is 0 Å². The molecule has 2 aromatic carbocycles. The molecule has 1 aliphatic heterocycles. The molecule has 7 nitrogen and oxygen atoms in total. The van der Waals surface area contributed by atoms with Crippen molar-refractivity contribution >= 4 is 34.5 Å². The number of aromatic nitrogens is 2. The summed E-state index contributed by atoms with van der Waals surface area (Å²) in [5.74, 6) is -0.168. The van der Waals surface area contributed by atoms with E-state index < -0.39 is 0 Å².